The van der Waals surface area contributed by atoms with Crippen LogP contribution >= 0.6 is 22.6 Å². The van der Waals surface area contributed by atoms with Crippen molar-refractivity contribution in [2.75, 3.05) is 11.9 Å². The number of hydrogen-bond acceptors (Lipinski definition) is 4. The maximum absolute atomic E-state index is 12.8. The standard InChI is InChI=1S/C28H33IN4O2/c1-3-9-22-12-8-13-25(32(22)18-4-2)20-14-16-23(17-15-20)33-19-24(29)26(31-28(33)35)30-27(34)21-10-6-5-7-11-21/h5-7,10-11,14-17,19,22,25H,3-4,8-9,12-13,18H2,1-2H3,(H,30,31,34,35)/t22?,25-/m0/s1. The van der Waals surface area contributed by atoms with Crippen LogP contribution in [0.15, 0.2) is 65.6 Å². The highest BCUT2D eigenvalue weighted by Crippen LogP contribution is 2.36. The van der Waals surface area contributed by atoms with E-state index in [0.717, 1.165) is 18.7 Å². The lowest BCUT2D eigenvalue weighted by Crippen LogP contribution is -2.42. The van der Waals surface area contributed by atoms with Crippen molar-refractivity contribution in [2.45, 2.75) is 64.5 Å². The van der Waals surface area contributed by atoms with Gasteiger partial charge in [-0.25, -0.2) is 4.79 Å². The number of carbonyl (C=O) groups excluding carboxylic acids is 1. The van der Waals surface area contributed by atoms with Crippen LogP contribution in [0, 0.1) is 3.57 Å². The second-order valence-corrected chi connectivity index (χ2v) is 10.3. The number of benzene rings is 2. The maximum atomic E-state index is 12.8. The topological polar surface area (TPSA) is 67.2 Å². The lowest BCUT2D eigenvalue weighted by molar-refractivity contribution is 0.0765. The van der Waals surface area contributed by atoms with Gasteiger partial charge in [0, 0.05) is 23.8 Å². The lowest BCUT2D eigenvalue weighted by atomic mass is 9.88. The Morgan fingerprint density at radius 3 is 2.49 bits per heavy atom. The van der Waals surface area contributed by atoms with Crippen molar-refractivity contribution in [3.8, 4) is 5.69 Å². The summed E-state index contributed by atoms with van der Waals surface area (Å²) in [6, 6.07) is 18.3. The Labute approximate surface area is 220 Å². The SMILES string of the molecule is CCCC1CCC[C@@H](c2ccc(-n3cc(I)c(NC(=O)c4ccccc4)nc3=O)cc2)N1CCC. The third-order valence-electron chi connectivity index (χ3n) is 6.69. The molecule has 35 heavy (non-hydrogen) atoms. The predicted octanol–water partition coefficient (Wildman–Crippen LogP) is 6.20. The number of amides is 1. The molecule has 1 fully saturated rings. The van der Waals surface area contributed by atoms with E-state index in [0.29, 0.717) is 21.2 Å². The van der Waals surface area contributed by atoms with E-state index in [1.165, 1.54) is 42.2 Å². The number of likely N-dealkylation sites (tertiary alicyclic amines) is 1. The fraction of sp³-hybridized carbons (Fsp3) is 0.393. The fourth-order valence-electron chi connectivity index (χ4n) is 5.06. The molecule has 2 aromatic carbocycles. The molecule has 1 unspecified atom stereocenters. The van der Waals surface area contributed by atoms with Crippen LogP contribution < -0.4 is 11.0 Å². The number of carbonyl (C=O) groups is 1. The molecule has 1 amide bonds. The van der Waals surface area contributed by atoms with Gasteiger partial charge in [0.2, 0.25) is 0 Å². The van der Waals surface area contributed by atoms with Crippen molar-refractivity contribution in [2.24, 2.45) is 0 Å². The summed E-state index contributed by atoms with van der Waals surface area (Å²) >= 11 is 2.10. The summed E-state index contributed by atoms with van der Waals surface area (Å²) in [5, 5.41) is 2.75. The average Bonchev–Trinajstić information content (AvgIpc) is 2.88. The predicted molar refractivity (Wildman–Crippen MR) is 149 cm³/mol. The number of rotatable bonds is 8. The van der Waals surface area contributed by atoms with E-state index in [-0.39, 0.29) is 11.7 Å². The van der Waals surface area contributed by atoms with Gasteiger partial charge < -0.3 is 5.32 Å². The van der Waals surface area contributed by atoms with Crippen LogP contribution in [-0.4, -0.2) is 32.9 Å². The molecule has 7 heteroatoms. The normalized spacial score (nSPS) is 18.4. The molecule has 1 aromatic heterocycles. The van der Waals surface area contributed by atoms with Crippen molar-refractivity contribution >= 4 is 34.3 Å². The molecular weight excluding hydrogens is 551 g/mol. The third-order valence-corrected chi connectivity index (χ3v) is 7.48. The Kier molecular flexibility index (Phi) is 8.73. The summed E-state index contributed by atoms with van der Waals surface area (Å²) in [5.74, 6) is -0.0142. The Morgan fingerprint density at radius 1 is 1.06 bits per heavy atom. The minimum atomic E-state index is -0.421. The molecule has 1 saturated heterocycles. The molecular formula is C28H33IN4O2. The minimum Gasteiger partial charge on any atom is -0.305 e. The molecule has 2 heterocycles. The van der Waals surface area contributed by atoms with Gasteiger partial charge >= 0.3 is 5.69 Å². The zero-order valence-corrected chi connectivity index (χ0v) is 22.6. The quantitative estimate of drug-likeness (QED) is 0.321. The lowest BCUT2D eigenvalue weighted by Gasteiger charge is -2.42. The molecule has 1 N–H and O–H groups in total. The second kappa shape index (κ2) is 11.9. The zero-order valence-electron chi connectivity index (χ0n) is 20.4. The van der Waals surface area contributed by atoms with E-state index in [2.05, 4.69) is 63.8 Å². The van der Waals surface area contributed by atoms with E-state index < -0.39 is 5.69 Å². The minimum absolute atomic E-state index is 0.275. The molecule has 3 aromatic rings. The number of halogens is 1. The molecule has 1 aliphatic heterocycles. The van der Waals surface area contributed by atoms with Gasteiger partial charge in [-0.05, 0) is 91.1 Å². The van der Waals surface area contributed by atoms with Gasteiger partial charge in [-0.15, -0.1) is 0 Å². The van der Waals surface area contributed by atoms with Crippen LogP contribution in [0.5, 0.6) is 0 Å². The summed E-state index contributed by atoms with van der Waals surface area (Å²) in [4.78, 5) is 32.2. The largest absolute Gasteiger partial charge is 0.354 e. The Hall–Kier alpha value is -2.52. The maximum Gasteiger partial charge on any atom is 0.354 e. The molecule has 6 nitrogen and oxygen atoms in total. The number of nitrogens with one attached hydrogen (secondary N) is 1. The third kappa shape index (κ3) is 6.01. The molecule has 0 bridgehead atoms. The van der Waals surface area contributed by atoms with Crippen LogP contribution in [0.3, 0.4) is 0 Å². The molecule has 0 saturated carbocycles. The summed E-state index contributed by atoms with van der Waals surface area (Å²) in [6.07, 6.45) is 9.07. The Bertz CT molecular complexity index is 1190. The molecule has 4 rings (SSSR count). The monoisotopic (exact) mass is 584 g/mol. The van der Waals surface area contributed by atoms with Crippen molar-refractivity contribution in [3.63, 3.8) is 0 Å². The number of piperidine rings is 1. The van der Waals surface area contributed by atoms with E-state index in [4.69, 9.17) is 0 Å². The van der Waals surface area contributed by atoms with E-state index in [1.807, 2.05) is 18.2 Å². The van der Waals surface area contributed by atoms with Gasteiger partial charge in [-0.1, -0.05) is 50.6 Å². The Balaban J connectivity index is 1.54. The van der Waals surface area contributed by atoms with E-state index in [1.54, 1.807) is 30.5 Å². The highest BCUT2D eigenvalue weighted by Gasteiger charge is 2.30. The molecule has 0 radical (unpaired) electrons. The number of hydrogen-bond donors (Lipinski definition) is 1. The van der Waals surface area contributed by atoms with Crippen molar-refractivity contribution in [1.82, 2.24) is 14.5 Å². The summed E-state index contributed by atoms with van der Waals surface area (Å²) in [7, 11) is 0. The van der Waals surface area contributed by atoms with Crippen molar-refractivity contribution < 1.29 is 4.79 Å². The van der Waals surface area contributed by atoms with Gasteiger partial charge in [-0.3, -0.25) is 14.3 Å². The smallest absolute Gasteiger partial charge is 0.305 e. The van der Waals surface area contributed by atoms with Gasteiger partial charge in [-0.2, -0.15) is 4.98 Å². The first-order valence-electron chi connectivity index (χ1n) is 12.5. The molecule has 0 aliphatic carbocycles. The summed E-state index contributed by atoms with van der Waals surface area (Å²) in [5.41, 5.74) is 2.18. The first-order valence-corrected chi connectivity index (χ1v) is 13.6. The van der Waals surface area contributed by atoms with Crippen LogP contribution in [0.1, 0.15) is 74.3 Å². The van der Waals surface area contributed by atoms with Crippen molar-refractivity contribution in [3.05, 3.63) is 86.0 Å². The van der Waals surface area contributed by atoms with Crippen LogP contribution in [0.4, 0.5) is 5.82 Å². The highest BCUT2D eigenvalue weighted by molar-refractivity contribution is 14.1. The van der Waals surface area contributed by atoms with Crippen LogP contribution in [-0.2, 0) is 0 Å². The highest BCUT2D eigenvalue weighted by atomic mass is 127. The average molecular weight is 585 g/mol. The van der Waals surface area contributed by atoms with E-state index in [9.17, 15) is 9.59 Å². The summed E-state index contributed by atoms with van der Waals surface area (Å²) in [6.45, 7) is 5.65. The summed E-state index contributed by atoms with van der Waals surface area (Å²) < 4.78 is 2.23. The van der Waals surface area contributed by atoms with Gasteiger partial charge in [0.15, 0.2) is 5.82 Å². The van der Waals surface area contributed by atoms with Crippen molar-refractivity contribution in [1.29, 1.82) is 0 Å². The van der Waals surface area contributed by atoms with Gasteiger partial charge in [0.1, 0.15) is 0 Å². The first kappa shape index (κ1) is 25.6. The fourth-order valence-corrected chi connectivity index (χ4v) is 5.60. The molecule has 0 spiro atoms. The number of anilines is 1. The first-order chi connectivity index (χ1) is 17.0. The van der Waals surface area contributed by atoms with Crippen LogP contribution in [0.2, 0.25) is 0 Å². The number of nitrogens with zero attached hydrogens (tertiary/aromatic N) is 3. The second-order valence-electron chi connectivity index (χ2n) is 9.13. The number of aromatic nitrogens is 2. The van der Waals surface area contributed by atoms with Crippen LogP contribution in [0.25, 0.3) is 5.69 Å². The van der Waals surface area contributed by atoms with Gasteiger partial charge in [0.25, 0.3) is 5.91 Å². The molecule has 1 aliphatic rings. The Morgan fingerprint density at radius 2 is 1.80 bits per heavy atom. The molecule has 2 atom stereocenters. The molecule has 184 valence electrons. The zero-order chi connectivity index (χ0) is 24.8. The van der Waals surface area contributed by atoms with E-state index >= 15 is 0 Å². The van der Waals surface area contributed by atoms with Gasteiger partial charge in [0.05, 0.1) is 9.26 Å².